The average Bonchev–Trinajstić information content (AvgIpc) is 2.72. The molecule has 2 aromatic carbocycles. The number of hydrogen-bond acceptors (Lipinski definition) is 5. The standard InChI is InChI=1S/C22H23BrF3N5/c1-31(2)12-6-11-27-21-29-19(15-7-4-3-5-8-15)14-20(30-21)28-16-9-10-18(23)17(13-16)22(24,25)26/h3-5,7-10,13-14H,6,11-12H2,1-2H3,(H2,27,28,29,30). The van der Waals surface area contributed by atoms with Gasteiger partial charge in [0.25, 0.3) is 0 Å². The van der Waals surface area contributed by atoms with Crippen LogP contribution in [0.2, 0.25) is 0 Å². The molecule has 0 unspecified atom stereocenters. The fourth-order valence-electron chi connectivity index (χ4n) is 2.91. The molecule has 3 aromatic rings. The maximum Gasteiger partial charge on any atom is 0.417 e. The van der Waals surface area contributed by atoms with Crippen molar-refractivity contribution in [3.05, 3.63) is 64.6 Å². The number of anilines is 3. The van der Waals surface area contributed by atoms with E-state index in [9.17, 15) is 13.2 Å². The first-order chi connectivity index (χ1) is 14.7. The first-order valence-electron chi connectivity index (χ1n) is 9.69. The number of hydrogen-bond donors (Lipinski definition) is 2. The summed E-state index contributed by atoms with van der Waals surface area (Å²) in [7, 11) is 4.00. The molecule has 0 aliphatic rings. The van der Waals surface area contributed by atoms with Crippen molar-refractivity contribution in [2.24, 2.45) is 0 Å². The lowest BCUT2D eigenvalue weighted by molar-refractivity contribution is -0.138. The SMILES string of the molecule is CN(C)CCCNc1nc(Nc2ccc(Br)c(C(F)(F)F)c2)cc(-c2ccccc2)n1. The molecule has 0 saturated carbocycles. The Morgan fingerprint density at radius 1 is 1.00 bits per heavy atom. The third-order valence-electron chi connectivity index (χ3n) is 4.41. The van der Waals surface area contributed by atoms with Crippen LogP contribution in [0.5, 0.6) is 0 Å². The molecule has 0 bridgehead atoms. The van der Waals surface area contributed by atoms with Gasteiger partial charge in [-0.05, 0) is 45.3 Å². The summed E-state index contributed by atoms with van der Waals surface area (Å²) in [5.74, 6) is 0.815. The zero-order valence-corrected chi connectivity index (χ0v) is 18.8. The smallest absolute Gasteiger partial charge is 0.354 e. The zero-order valence-electron chi connectivity index (χ0n) is 17.2. The quantitative estimate of drug-likeness (QED) is 0.375. The van der Waals surface area contributed by atoms with Crippen molar-refractivity contribution in [3.63, 3.8) is 0 Å². The molecule has 9 heteroatoms. The van der Waals surface area contributed by atoms with E-state index in [1.807, 2.05) is 44.4 Å². The minimum absolute atomic E-state index is 0.0125. The number of benzene rings is 2. The molecule has 1 heterocycles. The molecule has 0 spiro atoms. The number of nitrogens with zero attached hydrogens (tertiary/aromatic N) is 3. The van der Waals surface area contributed by atoms with Gasteiger partial charge < -0.3 is 15.5 Å². The summed E-state index contributed by atoms with van der Waals surface area (Å²) in [6.45, 7) is 1.59. The fourth-order valence-corrected chi connectivity index (χ4v) is 3.38. The fraction of sp³-hybridized carbons (Fsp3) is 0.273. The van der Waals surface area contributed by atoms with Gasteiger partial charge in [-0.3, -0.25) is 0 Å². The van der Waals surface area contributed by atoms with Crippen LogP contribution in [0.15, 0.2) is 59.1 Å². The zero-order chi connectivity index (χ0) is 22.4. The molecular weight excluding hydrogens is 471 g/mol. The highest BCUT2D eigenvalue weighted by Crippen LogP contribution is 2.37. The van der Waals surface area contributed by atoms with Crippen LogP contribution in [-0.2, 0) is 6.18 Å². The first-order valence-corrected chi connectivity index (χ1v) is 10.5. The van der Waals surface area contributed by atoms with Crippen LogP contribution in [0.3, 0.4) is 0 Å². The second-order valence-electron chi connectivity index (χ2n) is 7.23. The largest absolute Gasteiger partial charge is 0.417 e. The Bertz CT molecular complexity index is 1010. The van der Waals surface area contributed by atoms with E-state index in [0.717, 1.165) is 24.6 Å². The summed E-state index contributed by atoms with van der Waals surface area (Å²) in [6, 6.07) is 15.3. The highest BCUT2D eigenvalue weighted by atomic mass is 79.9. The lowest BCUT2D eigenvalue weighted by atomic mass is 10.1. The Morgan fingerprint density at radius 2 is 1.74 bits per heavy atom. The molecule has 31 heavy (non-hydrogen) atoms. The summed E-state index contributed by atoms with van der Waals surface area (Å²) < 4.78 is 39.7. The molecular formula is C22H23BrF3N5. The topological polar surface area (TPSA) is 53.1 Å². The maximum atomic E-state index is 13.2. The van der Waals surface area contributed by atoms with Gasteiger partial charge in [0.05, 0.1) is 11.3 Å². The van der Waals surface area contributed by atoms with Crippen LogP contribution in [0.1, 0.15) is 12.0 Å². The van der Waals surface area contributed by atoms with Crippen LogP contribution in [0.4, 0.5) is 30.6 Å². The summed E-state index contributed by atoms with van der Waals surface area (Å²) >= 11 is 2.96. The molecule has 0 amide bonds. The van der Waals surface area contributed by atoms with Gasteiger partial charge in [0.2, 0.25) is 5.95 Å². The average molecular weight is 494 g/mol. The van der Waals surface area contributed by atoms with Gasteiger partial charge in [0.15, 0.2) is 0 Å². The molecule has 1 aromatic heterocycles. The van der Waals surface area contributed by atoms with Crippen molar-refractivity contribution in [2.45, 2.75) is 12.6 Å². The Hall–Kier alpha value is -2.65. The van der Waals surface area contributed by atoms with Gasteiger partial charge in [-0.1, -0.05) is 46.3 Å². The van der Waals surface area contributed by atoms with Crippen molar-refractivity contribution in [1.82, 2.24) is 14.9 Å². The normalized spacial score (nSPS) is 11.6. The van der Waals surface area contributed by atoms with E-state index >= 15 is 0 Å². The Morgan fingerprint density at radius 3 is 2.42 bits per heavy atom. The lowest BCUT2D eigenvalue weighted by Gasteiger charge is -2.14. The summed E-state index contributed by atoms with van der Waals surface area (Å²) in [4.78, 5) is 11.1. The van der Waals surface area contributed by atoms with Crippen molar-refractivity contribution in [2.75, 3.05) is 37.8 Å². The Kier molecular flexibility index (Phi) is 7.50. The van der Waals surface area contributed by atoms with E-state index in [-0.39, 0.29) is 10.2 Å². The van der Waals surface area contributed by atoms with Crippen LogP contribution in [-0.4, -0.2) is 42.1 Å². The highest BCUT2D eigenvalue weighted by Gasteiger charge is 2.33. The van der Waals surface area contributed by atoms with Crippen molar-refractivity contribution in [3.8, 4) is 11.3 Å². The lowest BCUT2D eigenvalue weighted by Crippen LogP contribution is -2.17. The van der Waals surface area contributed by atoms with Crippen molar-refractivity contribution in [1.29, 1.82) is 0 Å². The molecule has 5 nitrogen and oxygen atoms in total. The van der Waals surface area contributed by atoms with Gasteiger partial charge in [-0.15, -0.1) is 0 Å². The predicted octanol–water partition coefficient (Wildman–Crippen LogP) is 6.03. The highest BCUT2D eigenvalue weighted by molar-refractivity contribution is 9.10. The van der Waals surface area contributed by atoms with Gasteiger partial charge in [-0.25, -0.2) is 4.98 Å². The van der Waals surface area contributed by atoms with E-state index in [1.54, 1.807) is 12.1 Å². The van der Waals surface area contributed by atoms with Gasteiger partial charge in [0.1, 0.15) is 5.82 Å². The molecule has 0 radical (unpaired) electrons. The van der Waals surface area contributed by atoms with E-state index in [4.69, 9.17) is 0 Å². The Balaban J connectivity index is 1.89. The molecule has 0 saturated heterocycles. The molecule has 164 valence electrons. The van der Waals surface area contributed by atoms with Gasteiger partial charge in [-0.2, -0.15) is 18.2 Å². The third kappa shape index (κ3) is 6.67. The summed E-state index contributed by atoms with van der Waals surface area (Å²) in [6.07, 6.45) is -3.56. The summed E-state index contributed by atoms with van der Waals surface area (Å²) in [5.41, 5.74) is 1.08. The molecule has 0 aliphatic heterocycles. The van der Waals surface area contributed by atoms with Crippen molar-refractivity contribution >= 4 is 33.4 Å². The molecule has 0 fully saturated rings. The first kappa shape index (κ1) is 23.0. The van der Waals surface area contributed by atoms with E-state index in [1.165, 1.54) is 6.07 Å². The van der Waals surface area contributed by atoms with Crippen LogP contribution in [0.25, 0.3) is 11.3 Å². The minimum atomic E-state index is -4.46. The monoisotopic (exact) mass is 493 g/mol. The van der Waals surface area contributed by atoms with E-state index in [2.05, 4.69) is 41.4 Å². The molecule has 3 rings (SSSR count). The van der Waals surface area contributed by atoms with Gasteiger partial charge in [0, 0.05) is 28.3 Å². The minimum Gasteiger partial charge on any atom is -0.354 e. The number of aromatic nitrogens is 2. The second-order valence-corrected chi connectivity index (χ2v) is 8.08. The number of rotatable bonds is 8. The van der Waals surface area contributed by atoms with Crippen LogP contribution in [0, 0.1) is 0 Å². The number of halogens is 4. The Labute approximate surface area is 187 Å². The van der Waals surface area contributed by atoms with Crippen LogP contribution < -0.4 is 10.6 Å². The maximum absolute atomic E-state index is 13.2. The van der Waals surface area contributed by atoms with Gasteiger partial charge >= 0.3 is 6.18 Å². The number of nitrogens with one attached hydrogen (secondary N) is 2. The molecule has 2 N–H and O–H groups in total. The predicted molar refractivity (Wildman–Crippen MR) is 122 cm³/mol. The molecule has 0 aliphatic carbocycles. The second kappa shape index (κ2) is 10.1. The molecule has 0 atom stereocenters. The van der Waals surface area contributed by atoms with E-state index < -0.39 is 11.7 Å². The van der Waals surface area contributed by atoms with Crippen LogP contribution >= 0.6 is 15.9 Å². The number of alkyl halides is 3. The van der Waals surface area contributed by atoms with Crippen molar-refractivity contribution < 1.29 is 13.2 Å². The summed E-state index contributed by atoms with van der Waals surface area (Å²) in [5, 5.41) is 6.19. The third-order valence-corrected chi connectivity index (χ3v) is 5.10. The van der Waals surface area contributed by atoms with E-state index in [0.29, 0.717) is 24.0 Å².